The van der Waals surface area contributed by atoms with Crippen molar-refractivity contribution in [2.75, 3.05) is 39.2 Å². The topological polar surface area (TPSA) is 93.5 Å². The van der Waals surface area contributed by atoms with Crippen LogP contribution in [0.15, 0.2) is 65.3 Å². The predicted octanol–water partition coefficient (Wildman–Crippen LogP) is 4.68. The molecule has 0 spiro atoms. The van der Waals surface area contributed by atoms with E-state index in [1.54, 1.807) is 54.5 Å². The van der Waals surface area contributed by atoms with Gasteiger partial charge in [0, 0.05) is 25.8 Å². The van der Waals surface area contributed by atoms with Crippen LogP contribution in [0.2, 0.25) is 0 Å². The van der Waals surface area contributed by atoms with E-state index in [-0.39, 0.29) is 44.0 Å². The van der Waals surface area contributed by atoms with Crippen molar-refractivity contribution in [1.29, 1.82) is 0 Å². The Morgan fingerprint density at radius 1 is 1.05 bits per heavy atom. The zero-order valence-electron chi connectivity index (χ0n) is 21.5. The quantitative estimate of drug-likeness (QED) is 0.391. The van der Waals surface area contributed by atoms with Gasteiger partial charge < -0.3 is 33.7 Å². The van der Waals surface area contributed by atoms with Crippen LogP contribution in [0.1, 0.15) is 24.2 Å². The smallest absolute Gasteiger partial charge is 0.322 e. The van der Waals surface area contributed by atoms with Crippen molar-refractivity contribution >= 4 is 17.6 Å². The summed E-state index contributed by atoms with van der Waals surface area (Å²) in [4.78, 5) is 30.1. The van der Waals surface area contributed by atoms with Gasteiger partial charge in [0.25, 0.3) is 0 Å². The van der Waals surface area contributed by atoms with Gasteiger partial charge in [0.05, 0.1) is 38.8 Å². The maximum Gasteiger partial charge on any atom is 0.322 e. The predicted molar refractivity (Wildman–Crippen MR) is 138 cm³/mol. The number of methoxy groups -OCH3 is 2. The van der Waals surface area contributed by atoms with Crippen molar-refractivity contribution in [3.05, 3.63) is 78.0 Å². The number of rotatable bonds is 11. The Labute approximate surface area is 221 Å². The number of carbonyl (C=O) groups excluding carboxylic acids is 2. The van der Waals surface area contributed by atoms with E-state index in [0.29, 0.717) is 29.6 Å². The molecule has 1 aliphatic heterocycles. The molecule has 2 aromatic carbocycles. The number of urea groups is 1. The van der Waals surface area contributed by atoms with Crippen molar-refractivity contribution in [3.8, 4) is 11.5 Å². The molecule has 0 saturated carbocycles. The minimum absolute atomic E-state index is 0.165. The zero-order chi connectivity index (χ0) is 26.9. The van der Waals surface area contributed by atoms with Gasteiger partial charge in [-0.2, -0.15) is 0 Å². The molecule has 38 heavy (non-hydrogen) atoms. The number of furan rings is 1. The molecule has 1 unspecified atom stereocenters. The Kier molecular flexibility index (Phi) is 9.21. The molecule has 0 aliphatic carbocycles. The number of nitrogens with zero attached hydrogens (tertiary/aromatic N) is 2. The van der Waals surface area contributed by atoms with Crippen LogP contribution < -0.4 is 14.8 Å². The second-order valence-electron chi connectivity index (χ2n) is 8.97. The van der Waals surface area contributed by atoms with Gasteiger partial charge in [-0.25, -0.2) is 9.18 Å². The lowest BCUT2D eigenvalue weighted by Crippen LogP contribution is -2.46. The molecule has 0 radical (unpaired) electrons. The normalized spacial score (nSPS) is 14.7. The van der Waals surface area contributed by atoms with Gasteiger partial charge >= 0.3 is 6.03 Å². The highest BCUT2D eigenvalue weighted by molar-refractivity contribution is 5.93. The van der Waals surface area contributed by atoms with Crippen LogP contribution in [-0.2, 0) is 22.6 Å². The lowest BCUT2D eigenvalue weighted by Gasteiger charge is -2.29. The standard InChI is InChI=1S/C28H32FN3O6/c1-35-22-11-12-25(26(15-22)36-2)30-28(34)32(18-24-6-4-14-38-24)19-27(33)31(17-23-5-3-13-37-23)16-20-7-9-21(29)10-8-20/h3,5,7-13,15,24H,4,6,14,16-19H2,1-2H3,(H,30,34). The molecule has 1 aliphatic rings. The maximum absolute atomic E-state index is 13.6. The molecular weight excluding hydrogens is 493 g/mol. The molecule has 4 rings (SSSR count). The third kappa shape index (κ3) is 7.25. The van der Waals surface area contributed by atoms with Crippen LogP contribution in [0.5, 0.6) is 11.5 Å². The van der Waals surface area contributed by atoms with Crippen molar-refractivity contribution in [2.24, 2.45) is 0 Å². The first-order chi connectivity index (χ1) is 18.4. The third-order valence-electron chi connectivity index (χ3n) is 6.28. The molecule has 1 aromatic heterocycles. The number of carbonyl (C=O) groups is 2. The number of ether oxygens (including phenoxy) is 3. The SMILES string of the molecule is COc1ccc(NC(=O)N(CC(=O)N(Cc2ccc(F)cc2)Cc2ccco2)CC2CCCO2)c(OC)c1. The fraction of sp³-hybridized carbons (Fsp3) is 0.357. The van der Waals surface area contributed by atoms with Crippen LogP contribution in [0, 0.1) is 5.82 Å². The van der Waals surface area contributed by atoms with E-state index >= 15 is 0 Å². The van der Waals surface area contributed by atoms with Crippen molar-refractivity contribution < 1.29 is 32.6 Å². The summed E-state index contributed by atoms with van der Waals surface area (Å²) in [5.74, 6) is 0.961. The molecular formula is C28H32FN3O6. The minimum atomic E-state index is -0.461. The van der Waals surface area contributed by atoms with E-state index in [4.69, 9.17) is 18.6 Å². The Balaban J connectivity index is 1.53. The number of halogens is 1. The lowest BCUT2D eigenvalue weighted by atomic mass is 10.2. The maximum atomic E-state index is 13.6. The van der Waals surface area contributed by atoms with E-state index in [0.717, 1.165) is 18.4 Å². The zero-order valence-corrected chi connectivity index (χ0v) is 21.5. The van der Waals surface area contributed by atoms with Gasteiger partial charge in [-0.3, -0.25) is 4.79 Å². The summed E-state index contributed by atoms with van der Waals surface area (Å²) in [6, 6.07) is 14.1. The molecule has 10 heteroatoms. The molecule has 1 atom stereocenters. The van der Waals surface area contributed by atoms with E-state index in [1.165, 1.54) is 30.4 Å². The Morgan fingerprint density at radius 2 is 1.87 bits per heavy atom. The summed E-state index contributed by atoms with van der Waals surface area (Å²) in [7, 11) is 3.04. The van der Waals surface area contributed by atoms with Gasteiger partial charge in [0.15, 0.2) is 0 Å². The summed E-state index contributed by atoms with van der Waals surface area (Å²) in [6.07, 6.45) is 3.07. The number of anilines is 1. The molecule has 1 N–H and O–H groups in total. The second-order valence-corrected chi connectivity index (χ2v) is 8.97. The molecule has 2 heterocycles. The minimum Gasteiger partial charge on any atom is -0.497 e. The van der Waals surface area contributed by atoms with Gasteiger partial charge in [-0.05, 0) is 54.8 Å². The fourth-order valence-corrected chi connectivity index (χ4v) is 4.25. The summed E-state index contributed by atoms with van der Waals surface area (Å²) in [5.41, 5.74) is 1.20. The van der Waals surface area contributed by atoms with Gasteiger partial charge in [-0.15, -0.1) is 0 Å². The highest BCUT2D eigenvalue weighted by Gasteiger charge is 2.27. The number of amides is 3. The Morgan fingerprint density at radius 3 is 2.53 bits per heavy atom. The highest BCUT2D eigenvalue weighted by atomic mass is 19.1. The summed E-state index contributed by atoms with van der Waals surface area (Å²) in [6.45, 7) is 1.11. The van der Waals surface area contributed by atoms with Crippen molar-refractivity contribution in [1.82, 2.24) is 9.80 Å². The van der Waals surface area contributed by atoms with E-state index in [2.05, 4.69) is 5.32 Å². The van der Waals surface area contributed by atoms with Gasteiger partial charge in [0.2, 0.25) is 5.91 Å². The Bertz CT molecular complexity index is 1200. The highest BCUT2D eigenvalue weighted by Crippen LogP contribution is 2.29. The van der Waals surface area contributed by atoms with Crippen LogP contribution in [0.3, 0.4) is 0 Å². The average molecular weight is 526 g/mol. The number of hydrogen-bond donors (Lipinski definition) is 1. The van der Waals surface area contributed by atoms with E-state index < -0.39 is 6.03 Å². The van der Waals surface area contributed by atoms with Gasteiger partial charge in [0.1, 0.15) is 29.6 Å². The number of hydrogen-bond acceptors (Lipinski definition) is 6. The molecule has 0 bridgehead atoms. The molecule has 3 aromatic rings. The fourth-order valence-electron chi connectivity index (χ4n) is 4.25. The second kappa shape index (κ2) is 13.0. The lowest BCUT2D eigenvalue weighted by molar-refractivity contribution is -0.133. The first-order valence-corrected chi connectivity index (χ1v) is 12.4. The summed E-state index contributed by atoms with van der Waals surface area (Å²) >= 11 is 0. The monoisotopic (exact) mass is 525 g/mol. The number of benzene rings is 2. The van der Waals surface area contributed by atoms with Crippen LogP contribution in [0.25, 0.3) is 0 Å². The van der Waals surface area contributed by atoms with Crippen molar-refractivity contribution in [2.45, 2.75) is 32.0 Å². The van der Waals surface area contributed by atoms with Crippen molar-refractivity contribution in [3.63, 3.8) is 0 Å². The molecule has 1 saturated heterocycles. The molecule has 9 nitrogen and oxygen atoms in total. The van der Waals surface area contributed by atoms with Crippen LogP contribution in [0.4, 0.5) is 14.9 Å². The van der Waals surface area contributed by atoms with E-state index in [9.17, 15) is 14.0 Å². The molecule has 1 fully saturated rings. The number of nitrogens with one attached hydrogen (secondary N) is 1. The molecule has 3 amide bonds. The first kappa shape index (κ1) is 27.0. The van der Waals surface area contributed by atoms with Gasteiger partial charge in [-0.1, -0.05) is 12.1 Å². The summed E-state index contributed by atoms with van der Waals surface area (Å²) < 4.78 is 35.3. The third-order valence-corrected chi connectivity index (χ3v) is 6.28. The molecule has 202 valence electrons. The van der Waals surface area contributed by atoms with Crippen LogP contribution in [-0.4, -0.2) is 61.8 Å². The average Bonchev–Trinajstić information content (AvgIpc) is 3.64. The summed E-state index contributed by atoms with van der Waals surface area (Å²) in [5, 5.41) is 2.85. The Hall–Kier alpha value is -4.05. The first-order valence-electron chi connectivity index (χ1n) is 12.4. The largest absolute Gasteiger partial charge is 0.497 e. The van der Waals surface area contributed by atoms with E-state index in [1.807, 2.05) is 0 Å². The van der Waals surface area contributed by atoms with Crippen LogP contribution >= 0.6 is 0 Å².